The zero-order chi connectivity index (χ0) is 29.0. The summed E-state index contributed by atoms with van der Waals surface area (Å²) in [5, 5.41) is 27.8. The number of phenolic OH excluding ortho intramolecular Hbond substituents is 1. The van der Waals surface area contributed by atoms with E-state index in [2.05, 4.69) is 0 Å². The second kappa shape index (κ2) is 14.3. The summed E-state index contributed by atoms with van der Waals surface area (Å²) in [5.74, 6) is 0.700. The molecule has 208 valence electrons. The van der Waals surface area contributed by atoms with E-state index in [0.29, 0.717) is 13.0 Å². The molecule has 0 aliphatic rings. The topological polar surface area (TPSA) is 128 Å². The normalized spacial score (nSPS) is 10.7. The molecule has 9 nitrogen and oxygen atoms in total. The molecule has 0 aliphatic carbocycles. The quantitative estimate of drug-likeness (QED) is 0.0990. The van der Waals surface area contributed by atoms with Crippen molar-refractivity contribution < 1.29 is 34.1 Å². The lowest BCUT2D eigenvalue weighted by atomic mass is 9.80. The molecule has 0 amide bonds. The number of hydrogen-bond acceptors (Lipinski definition) is 7. The third-order valence-corrected chi connectivity index (χ3v) is 6.09. The van der Waals surface area contributed by atoms with Crippen molar-refractivity contribution in [3.05, 3.63) is 130 Å². The van der Waals surface area contributed by atoms with E-state index in [4.69, 9.17) is 24.4 Å². The molecule has 0 radical (unpaired) electrons. The van der Waals surface area contributed by atoms with Crippen LogP contribution in [0.15, 0.2) is 103 Å². The molecule has 4 aromatic rings. The highest BCUT2D eigenvalue weighted by molar-refractivity contribution is 5.66. The number of nitro benzene ring substituents is 1. The molecule has 0 aliphatic heterocycles. The highest BCUT2D eigenvalue weighted by atomic mass is 16.6. The van der Waals surface area contributed by atoms with Gasteiger partial charge in [0.05, 0.1) is 19.1 Å². The minimum absolute atomic E-state index is 0.0159. The monoisotopic (exact) mass is 545 g/mol. The van der Waals surface area contributed by atoms with Crippen LogP contribution in [0.3, 0.4) is 0 Å². The van der Waals surface area contributed by atoms with Gasteiger partial charge in [0.15, 0.2) is 0 Å². The van der Waals surface area contributed by atoms with Gasteiger partial charge in [0, 0.05) is 25.2 Å². The van der Waals surface area contributed by atoms with Gasteiger partial charge in [-0.3, -0.25) is 14.9 Å². The number of carbonyl (C=O) groups is 1. The lowest BCUT2D eigenvalue weighted by molar-refractivity contribution is -0.384. The van der Waals surface area contributed by atoms with Crippen molar-refractivity contribution in [2.24, 2.45) is 0 Å². The van der Waals surface area contributed by atoms with Crippen molar-refractivity contribution in [3.63, 3.8) is 0 Å². The Morgan fingerprint density at radius 1 is 0.775 bits per heavy atom. The SMILES string of the molecule is COc1ccc(C(OCCCC(=O)O)(c2ccccc2)c2ccc(OC)cc2)cc1.O=[N+]([O-])c1ccc(O)cc1. The van der Waals surface area contributed by atoms with Crippen molar-refractivity contribution >= 4 is 11.7 Å². The number of rotatable bonds is 11. The molecule has 0 unspecified atom stereocenters. The summed E-state index contributed by atoms with van der Waals surface area (Å²) >= 11 is 0. The van der Waals surface area contributed by atoms with Crippen LogP contribution in [0.2, 0.25) is 0 Å². The Balaban J connectivity index is 0.000000371. The van der Waals surface area contributed by atoms with E-state index in [1.54, 1.807) is 14.2 Å². The zero-order valence-electron chi connectivity index (χ0n) is 22.2. The summed E-state index contributed by atoms with van der Waals surface area (Å²) in [4.78, 5) is 20.5. The number of non-ortho nitro benzene ring substituents is 1. The Morgan fingerprint density at radius 3 is 1.68 bits per heavy atom. The maximum Gasteiger partial charge on any atom is 0.303 e. The zero-order valence-corrected chi connectivity index (χ0v) is 22.2. The summed E-state index contributed by atoms with van der Waals surface area (Å²) in [6, 6.07) is 30.5. The lowest BCUT2D eigenvalue weighted by Crippen LogP contribution is -2.33. The molecule has 0 saturated carbocycles. The Morgan fingerprint density at radius 2 is 1.25 bits per heavy atom. The van der Waals surface area contributed by atoms with Gasteiger partial charge in [0.2, 0.25) is 0 Å². The summed E-state index contributed by atoms with van der Waals surface area (Å²) < 4.78 is 17.2. The highest BCUT2D eigenvalue weighted by Crippen LogP contribution is 2.41. The van der Waals surface area contributed by atoms with Crippen LogP contribution in [0.5, 0.6) is 17.2 Å². The van der Waals surface area contributed by atoms with Crippen LogP contribution in [0, 0.1) is 10.1 Å². The smallest absolute Gasteiger partial charge is 0.303 e. The molecular formula is C31H31NO8. The average Bonchev–Trinajstić information content (AvgIpc) is 2.98. The first kappa shape index (κ1) is 29.7. The van der Waals surface area contributed by atoms with Crippen molar-refractivity contribution in [3.8, 4) is 17.2 Å². The molecular weight excluding hydrogens is 514 g/mol. The molecule has 4 aromatic carbocycles. The number of carboxylic acid groups (broad SMARTS) is 1. The van der Waals surface area contributed by atoms with Crippen molar-refractivity contribution in [2.45, 2.75) is 18.4 Å². The molecule has 0 spiro atoms. The van der Waals surface area contributed by atoms with E-state index < -0.39 is 16.5 Å². The van der Waals surface area contributed by atoms with Gasteiger partial charge in [-0.2, -0.15) is 0 Å². The Kier molecular flexibility index (Phi) is 10.6. The van der Waals surface area contributed by atoms with E-state index in [1.165, 1.54) is 24.3 Å². The van der Waals surface area contributed by atoms with E-state index in [-0.39, 0.29) is 17.9 Å². The lowest BCUT2D eigenvalue weighted by Gasteiger charge is -2.36. The van der Waals surface area contributed by atoms with E-state index in [0.717, 1.165) is 28.2 Å². The number of ether oxygens (including phenoxy) is 3. The van der Waals surface area contributed by atoms with Crippen LogP contribution in [-0.2, 0) is 15.1 Å². The molecule has 40 heavy (non-hydrogen) atoms. The van der Waals surface area contributed by atoms with Gasteiger partial charge in [-0.25, -0.2) is 0 Å². The van der Waals surface area contributed by atoms with Crippen LogP contribution in [-0.4, -0.2) is 41.9 Å². The molecule has 4 rings (SSSR count). The van der Waals surface area contributed by atoms with Crippen LogP contribution < -0.4 is 9.47 Å². The number of nitrogens with zero attached hydrogens (tertiary/aromatic N) is 1. The summed E-state index contributed by atoms with van der Waals surface area (Å²) in [6.45, 7) is 0.291. The second-order valence-corrected chi connectivity index (χ2v) is 8.62. The number of carboxylic acids is 1. The number of hydrogen-bond donors (Lipinski definition) is 2. The number of benzene rings is 4. The van der Waals surface area contributed by atoms with Gasteiger partial charge in [-0.05, 0) is 59.5 Å². The molecule has 0 heterocycles. The predicted octanol–water partition coefficient (Wildman–Crippen LogP) is 6.18. The summed E-state index contributed by atoms with van der Waals surface area (Å²) in [6.07, 6.45) is 0.465. The van der Waals surface area contributed by atoms with Gasteiger partial charge in [0.1, 0.15) is 22.8 Å². The largest absolute Gasteiger partial charge is 0.508 e. The average molecular weight is 546 g/mol. The fraction of sp³-hybridized carbons (Fsp3) is 0.194. The van der Waals surface area contributed by atoms with Gasteiger partial charge < -0.3 is 24.4 Å². The maximum absolute atomic E-state index is 11.0. The standard InChI is InChI=1S/C25H26O5.C6H5NO3/c1-28-22-14-10-20(11-15-22)25(19-7-4-3-5-8-19,30-18-6-9-24(26)27)21-12-16-23(29-2)17-13-21;8-6-3-1-5(2-4-6)7(9)10/h3-5,7-8,10-17H,6,9,18H2,1-2H3,(H,26,27);1-4,8H. The number of phenols is 1. The van der Waals surface area contributed by atoms with E-state index >= 15 is 0 Å². The van der Waals surface area contributed by atoms with Crippen LogP contribution >= 0.6 is 0 Å². The Hall–Kier alpha value is -4.89. The predicted molar refractivity (Wildman–Crippen MR) is 150 cm³/mol. The second-order valence-electron chi connectivity index (χ2n) is 8.62. The minimum atomic E-state index is -0.904. The maximum atomic E-state index is 11.0. The summed E-state index contributed by atoms with van der Waals surface area (Å²) in [7, 11) is 3.26. The first-order valence-corrected chi connectivity index (χ1v) is 12.4. The van der Waals surface area contributed by atoms with Gasteiger partial charge in [0.25, 0.3) is 5.69 Å². The first-order valence-electron chi connectivity index (χ1n) is 12.4. The third kappa shape index (κ3) is 7.58. The summed E-state index contributed by atoms with van der Waals surface area (Å²) in [5.41, 5.74) is 1.89. The molecule has 0 atom stereocenters. The Bertz CT molecular complexity index is 1310. The first-order chi connectivity index (χ1) is 19.3. The molecule has 0 bridgehead atoms. The number of aromatic hydroxyl groups is 1. The molecule has 0 saturated heterocycles. The number of nitro groups is 1. The van der Waals surface area contributed by atoms with Crippen molar-refractivity contribution in [1.29, 1.82) is 0 Å². The van der Waals surface area contributed by atoms with Gasteiger partial charge in [-0.15, -0.1) is 0 Å². The highest BCUT2D eigenvalue weighted by Gasteiger charge is 2.37. The van der Waals surface area contributed by atoms with Gasteiger partial charge >= 0.3 is 5.97 Å². The van der Waals surface area contributed by atoms with Crippen LogP contribution in [0.25, 0.3) is 0 Å². The fourth-order valence-corrected chi connectivity index (χ4v) is 4.10. The van der Waals surface area contributed by atoms with Crippen LogP contribution in [0.1, 0.15) is 29.5 Å². The number of methoxy groups -OCH3 is 2. The number of aliphatic carboxylic acids is 1. The van der Waals surface area contributed by atoms with Crippen molar-refractivity contribution in [1.82, 2.24) is 0 Å². The van der Waals surface area contributed by atoms with E-state index in [9.17, 15) is 14.9 Å². The molecule has 0 aromatic heterocycles. The third-order valence-electron chi connectivity index (χ3n) is 6.09. The van der Waals surface area contributed by atoms with Crippen molar-refractivity contribution in [2.75, 3.05) is 20.8 Å². The fourth-order valence-electron chi connectivity index (χ4n) is 4.10. The molecule has 9 heteroatoms. The minimum Gasteiger partial charge on any atom is -0.508 e. The van der Waals surface area contributed by atoms with Crippen LogP contribution in [0.4, 0.5) is 5.69 Å². The van der Waals surface area contributed by atoms with Gasteiger partial charge in [-0.1, -0.05) is 54.6 Å². The Labute approximate surface area is 232 Å². The van der Waals surface area contributed by atoms with E-state index in [1.807, 2.05) is 78.9 Å². The molecule has 2 N–H and O–H groups in total. The molecule has 0 fully saturated rings.